The van der Waals surface area contributed by atoms with Crippen LogP contribution in [0.2, 0.25) is 0 Å². The molecule has 0 aliphatic rings. The van der Waals surface area contributed by atoms with Crippen LogP contribution in [0.1, 0.15) is 5.56 Å². The van der Waals surface area contributed by atoms with Crippen molar-refractivity contribution in [3.05, 3.63) is 68.4 Å². The van der Waals surface area contributed by atoms with Crippen molar-refractivity contribution in [2.45, 2.75) is 6.61 Å². The number of hydrogen-bond acceptors (Lipinski definition) is 3. The van der Waals surface area contributed by atoms with Crippen LogP contribution in [-0.2, 0) is 6.61 Å². The zero-order chi connectivity index (χ0) is 13.8. The topological polar surface area (TPSA) is 52.4 Å². The Morgan fingerprint density at radius 1 is 1.21 bits per heavy atom. The van der Waals surface area contributed by atoms with Gasteiger partial charge in [-0.05, 0) is 23.8 Å². The number of nitro benzene ring substituents is 1. The first-order valence-corrected chi connectivity index (χ1v) is 6.17. The smallest absolute Gasteiger partial charge is 0.311 e. The van der Waals surface area contributed by atoms with Gasteiger partial charge in [0.15, 0.2) is 5.75 Å². The monoisotopic (exact) mass is 325 g/mol. The Morgan fingerprint density at radius 3 is 2.53 bits per heavy atom. The quantitative estimate of drug-likeness (QED) is 0.628. The maximum Gasteiger partial charge on any atom is 0.311 e. The number of halogens is 2. The van der Waals surface area contributed by atoms with Crippen LogP contribution in [0.5, 0.6) is 5.75 Å². The lowest BCUT2D eigenvalue weighted by Crippen LogP contribution is -1.99. The standard InChI is InChI=1S/C13H9BrFNO3/c14-10-3-1-9(2-4-10)8-19-13-7-11(15)5-6-12(13)16(17)18/h1-7H,8H2. The molecule has 98 valence electrons. The van der Waals surface area contributed by atoms with Gasteiger partial charge in [-0.2, -0.15) is 0 Å². The molecule has 0 atom stereocenters. The second-order valence-electron chi connectivity index (χ2n) is 3.78. The average molecular weight is 326 g/mol. The van der Waals surface area contributed by atoms with Crippen LogP contribution < -0.4 is 4.74 Å². The molecule has 4 nitrogen and oxygen atoms in total. The molecule has 0 aliphatic heterocycles. The summed E-state index contributed by atoms with van der Waals surface area (Å²) in [5, 5.41) is 10.8. The van der Waals surface area contributed by atoms with Crippen molar-refractivity contribution >= 4 is 21.6 Å². The summed E-state index contributed by atoms with van der Waals surface area (Å²) >= 11 is 3.30. The molecule has 0 N–H and O–H groups in total. The first-order chi connectivity index (χ1) is 9.06. The maximum atomic E-state index is 13.1. The van der Waals surface area contributed by atoms with E-state index in [1.807, 2.05) is 24.3 Å². The van der Waals surface area contributed by atoms with Gasteiger partial charge in [0.2, 0.25) is 0 Å². The minimum absolute atomic E-state index is 0.0760. The molecule has 0 heterocycles. The largest absolute Gasteiger partial charge is 0.482 e. The highest BCUT2D eigenvalue weighted by Crippen LogP contribution is 2.28. The second kappa shape index (κ2) is 5.79. The van der Waals surface area contributed by atoms with Crippen molar-refractivity contribution < 1.29 is 14.1 Å². The van der Waals surface area contributed by atoms with Crippen LogP contribution in [0.4, 0.5) is 10.1 Å². The maximum absolute atomic E-state index is 13.1. The number of nitrogens with zero attached hydrogens (tertiary/aromatic N) is 1. The lowest BCUT2D eigenvalue weighted by molar-refractivity contribution is -0.386. The van der Waals surface area contributed by atoms with Gasteiger partial charge < -0.3 is 4.74 Å². The van der Waals surface area contributed by atoms with E-state index >= 15 is 0 Å². The van der Waals surface area contributed by atoms with Crippen molar-refractivity contribution in [1.29, 1.82) is 0 Å². The van der Waals surface area contributed by atoms with E-state index in [9.17, 15) is 14.5 Å². The molecule has 0 bridgehead atoms. The van der Waals surface area contributed by atoms with E-state index in [1.54, 1.807) is 0 Å². The lowest BCUT2D eigenvalue weighted by Gasteiger charge is -2.07. The van der Waals surface area contributed by atoms with Crippen molar-refractivity contribution in [1.82, 2.24) is 0 Å². The third-order valence-electron chi connectivity index (χ3n) is 2.43. The highest BCUT2D eigenvalue weighted by molar-refractivity contribution is 9.10. The number of nitro groups is 1. The van der Waals surface area contributed by atoms with Crippen LogP contribution in [-0.4, -0.2) is 4.92 Å². The van der Waals surface area contributed by atoms with Gasteiger partial charge in [-0.15, -0.1) is 0 Å². The molecule has 0 saturated carbocycles. The fourth-order valence-electron chi connectivity index (χ4n) is 1.50. The zero-order valence-corrected chi connectivity index (χ0v) is 11.3. The average Bonchev–Trinajstić information content (AvgIpc) is 2.38. The van der Waals surface area contributed by atoms with Crippen LogP contribution in [0.25, 0.3) is 0 Å². The van der Waals surface area contributed by atoms with Gasteiger partial charge in [0.25, 0.3) is 0 Å². The summed E-state index contributed by atoms with van der Waals surface area (Å²) in [7, 11) is 0. The number of hydrogen-bond donors (Lipinski definition) is 0. The molecule has 0 spiro atoms. The molecule has 2 aromatic rings. The van der Waals surface area contributed by atoms with Gasteiger partial charge in [0.05, 0.1) is 4.92 Å². The molecule has 0 saturated heterocycles. The molecule has 19 heavy (non-hydrogen) atoms. The predicted molar refractivity (Wildman–Crippen MR) is 71.5 cm³/mol. The molecular formula is C13H9BrFNO3. The van der Waals surface area contributed by atoms with Crippen molar-refractivity contribution in [3.63, 3.8) is 0 Å². The molecule has 2 rings (SSSR count). The first-order valence-electron chi connectivity index (χ1n) is 5.37. The number of ether oxygens (including phenoxy) is 1. The van der Waals surface area contributed by atoms with E-state index in [0.29, 0.717) is 0 Å². The molecule has 0 amide bonds. The highest BCUT2D eigenvalue weighted by Gasteiger charge is 2.15. The third kappa shape index (κ3) is 3.51. The predicted octanol–water partition coefficient (Wildman–Crippen LogP) is 4.08. The van der Waals surface area contributed by atoms with Crippen LogP contribution >= 0.6 is 15.9 Å². The third-order valence-corrected chi connectivity index (χ3v) is 2.95. The van der Waals surface area contributed by atoms with E-state index in [2.05, 4.69) is 15.9 Å². The Kier molecular flexibility index (Phi) is 4.11. The van der Waals surface area contributed by atoms with Gasteiger partial charge in [-0.1, -0.05) is 28.1 Å². The Morgan fingerprint density at radius 2 is 1.89 bits per heavy atom. The van der Waals surface area contributed by atoms with Crippen molar-refractivity contribution in [2.24, 2.45) is 0 Å². The SMILES string of the molecule is O=[N+]([O-])c1ccc(F)cc1OCc1ccc(Br)cc1. The van der Waals surface area contributed by atoms with Crippen LogP contribution in [0, 0.1) is 15.9 Å². The summed E-state index contributed by atoms with van der Waals surface area (Å²) in [6, 6.07) is 10.4. The Bertz CT molecular complexity index is 601. The fraction of sp³-hybridized carbons (Fsp3) is 0.0769. The van der Waals surface area contributed by atoms with E-state index < -0.39 is 10.7 Å². The summed E-state index contributed by atoms with van der Waals surface area (Å²) in [6.45, 7) is 0.136. The minimum Gasteiger partial charge on any atom is -0.482 e. The van der Waals surface area contributed by atoms with Gasteiger partial charge in [0, 0.05) is 16.6 Å². The normalized spacial score (nSPS) is 10.2. The molecule has 0 aliphatic carbocycles. The number of rotatable bonds is 4. The fourth-order valence-corrected chi connectivity index (χ4v) is 1.76. The van der Waals surface area contributed by atoms with E-state index in [1.165, 1.54) is 0 Å². The van der Waals surface area contributed by atoms with E-state index in [-0.39, 0.29) is 18.0 Å². The molecular weight excluding hydrogens is 317 g/mol. The molecule has 0 fully saturated rings. The lowest BCUT2D eigenvalue weighted by atomic mass is 10.2. The second-order valence-corrected chi connectivity index (χ2v) is 4.70. The summed E-state index contributed by atoms with van der Waals surface area (Å²) in [5.41, 5.74) is 0.584. The van der Waals surface area contributed by atoms with Gasteiger partial charge >= 0.3 is 5.69 Å². The van der Waals surface area contributed by atoms with Crippen LogP contribution in [0.15, 0.2) is 46.9 Å². The van der Waals surface area contributed by atoms with Gasteiger partial charge in [-0.3, -0.25) is 10.1 Å². The first kappa shape index (κ1) is 13.5. The Balaban J connectivity index is 2.16. The Labute approximate surface area is 117 Å². The molecule has 0 unspecified atom stereocenters. The summed E-state index contributed by atoms with van der Waals surface area (Å²) in [4.78, 5) is 10.2. The Hall–Kier alpha value is -1.95. The van der Waals surface area contributed by atoms with Crippen LogP contribution in [0.3, 0.4) is 0 Å². The highest BCUT2D eigenvalue weighted by atomic mass is 79.9. The van der Waals surface area contributed by atoms with Crippen molar-refractivity contribution in [2.75, 3.05) is 0 Å². The zero-order valence-electron chi connectivity index (χ0n) is 9.68. The molecule has 2 aromatic carbocycles. The summed E-state index contributed by atoms with van der Waals surface area (Å²) < 4.78 is 19.3. The van der Waals surface area contributed by atoms with E-state index in [4.69, 9.17) is 4.74 Å². The van der Waals surface area contributed by atoms with Gasteiger partial charge in [0.1, 0.15) is 12.4 Å². The van der Waals surface area contributed by atoms with Crippen molar-refractivity contribution in [3.8, 4) is 5.75 Å². The van der Waals surface area contributed by atoms with Gasteiger partial charge in [-0.25, -0.2) is 4.39 Å². The summed E-state index contributed by atoms with van der Waals surface area (Å²) in [5.74, 6) is -0.649. The molecule has 6 heteroatoms. The minimum atomic E-state index is -0.601. The van der Waals surface area contributed by atoms with E-state index in [0.717, 1.165) is 28.2 Å². The molecule has 0 aromatic heterocycles. The number of benzene rings is 2. The summed E-state index contributed by atoms with van der Waals surface area (Å²) in [6.07, 6.45) is 0. The molecule has 0 radical (unpaired) electrons.